The zero-order valence-corrected chi connectivity index (χ0v) is 8.94. The minimum atomic E-state index is -1.32. The van der Waals surface area contributed by atoms with Crippen LogP contribution in [0.25, 0.3) is 0 Å². The number of rotatable bonds is 0. The van der Waals surface area contributed by atoms with Crippen molar-refractivity contribution in [3.8, 4) is 0 Å². The number of halogens is 1. The predicted molar refractivity (Wildman–Crippen MR) is 55.5 cm³/mol. The highest BCUT2D eigenvalue weighted by atomic mass is 32.2. The lowest BCUT2D eigenvalue weighted by molar-refractivity contribution is -0.118. The first kappa shape index (κ1) is 10.3. The SMILES string of the molecule is CC1CS(=O)c2cccc(F)c2NC1=O. The van der Waals surface area contributed by atoms with E-state index in [1.807, 2.05) is 0 Å². The molecule has 3 nitrogen and oxygen atoms in total. The zero-order valence-electron chi connectivity index (χ0n) is 8.12. The minimum Gasteiger partial charge on any atom is -0.322 e. The average Bonchev–Trinajstić information content (AvgIpc) is 2.29. The van der Waals surface area contributed by atoms with E-state index in [0.717, 1.165) is 0 Å². The molecule has 1 aliphatic rings. The maximum Gasteiger partial charge on any atom is 0.228 e. The Labute approximate surface area is 89.1 Å². The first-order valence-electron chi connectivity index (χ1n) is 4.57. The summed E-state index contributed by atoms with van der Waals surface area (Å²) in [5.74, 6) is -0.949. The highest BCUT2D eigenvalue weighted by Gasteiger charge is 2.26. The van der Waals surface area contributed by atoms with Gasteiger partial charge in [0, 0.05) is 11.7 Å². The Morgan fingerprint density at radius 3 is 3.00 bits per heavy atom. The van der Waals surface area contributed by atoms with Crippen LogP contribution in [0.3, 0.4) is 0 Å². The van der Waals surface area contributed by atoms with E-state index in [0.29, 0.717) is 4.90 Å². The highest BCUT2D eigenvalue weighted by molar-refractivity contribution is 7.85. The fourth-order valence-corrected chi connectivity index (χ4v) is 2.85. The molecule has 0 saturated carbocycles. The molecule has 2 unspecified atom stereocenters. The van der Waals surface area contributed by atoms with Gasteiger partial charge in [0.05, 0.1) is 21.4 Å². The number of carbonyl (C=O) groups excluding carboxylic acids is 1. The molecule has 0 saturated heterocycles. The number of anilines is 1. The molecular formula is C10H10FNO2S. The van der Waals surface area contributed by atoms with Crippen LogP contribution in [-0.4, -0.2) is 15.9 Å². The van der Waals surface area contributed by atoms with Crippen LogP contribution in [0.5, 0.6) is 0 Å². The molecule has 1 heterocycles. The Bertz CT molecular complexity index is 447. The summed E-state index contributed by atoms with van der Waals surface area (Å²) in [7, 11) is -1.32. The number of para-hydroxylation sites is 1. The maximum atomic E-state index is 13.4. The number of hydrogen-bond acceptors (Lipinski definition) is 2. The standard InChI is InChI=1S/C10H10FNO2S/c1-6-5-15(14)8-4-2-3-7(11)9(8)12-10(6)13/h2-4,6H,5H2,1H3,(H,12,13). The lowest BCUT2D eigenvalue weighted by atomic mass is 10.2. The van der Waals surface area contributed by atoms with Crippen LogP contribution in [0.4, 0.5) is 10.1 Å². The average molecular weight is 227 g/mol. The first-order valence-corrected chi connectivity index (χ1v) is 5.89. The summed E-state index contributed by atoms with van der Waals surface area (Å²) in [4.78, 5) is 11.8. The molecular weight excluding hydrogens is 217 g/mol. The molecule has 2 atom stereocenters. The van der Waals surface area contributed by atoms with Gasteiger partial charge in [-0.25, -0.2) is 4.39 Å². The molecule has 0 bridgehead atoms. The van der Waals surface area contributed by atoms with Crippen molar-refractivity contribution in [3.63, 3.8) is 0 Å². The second-order valence-electron chi connectivity index (χ2n) is 3.52. The van der Waals surface area contributed by atoms with Gasteiger partial charge in [0.1, 0.15) is 5.82 Å². The van der Waals surface area contributed by atoms with E-state index >= 15 is 0 Å². The monoisotopic (exact) mass is 227 g/mol. The van der Waals surface area contributed by atoms with Crippen molar-refractivity contribution in [1.29, 1.82) is 0 Å². The zero-order chi connectivity index (χ0) is 11.0. The van der Waals surface area contributed by atoms with Crippen molar-refractivity contribution in [2.75, 3.05) is 11.1 Å². The molecule has 0 radical (unpaired) electrons. The maximum absolute atomic E-state index is 13.4. The molecule has 1 amide bonds. The second-order valence-corrected chi connectivity index (χ2v) is 4.98. The van der Waals surface area contributed by atoms with Gasteiger partial charge in [0.15, 0.2) is 0 Å². The molecule has 15 heavy (non-hydrogen) atoms. The molecule has 1 aliphatic heterocycles. The van der Waals surface area contributed by atoms with Gasteiger partial charge in [-0.2, -0.15) is 0 Å². The third kappa shape index (κ3) is 1.79. The van der Waals surface area contributed by atoms with Gasteiger partial charge in [-0.15, -0.1) is 0 Å². The topological polar surface area (TPSA) is 46.2 Å². The normalized spacial score (nSPS) is 25.3. The molecule has 80 valence electrons. The molecule has 0 aromatic heterocycles. The Morgan fingerprint density at radius 1 is 1.53 bits per heavy atom. The molecule has 1 aromatic rings. The fraction of sp³-hybridized carbons (Fsp3) is 0.300. The molecule has 0 spiro atoms. The number of fused-ring (bicyclic) bond motifs is 1. The fourth-order valence-electron chi connectivity index (χ4n) is 1.45. The van der Waals surface area contributed by atoms with Crippen molar-refractivity contribution in [1.82, 2.24) is 0 Å². The van der Waals surface area contributed by atoms with Crippen LogP contribution in [-0.2, 0) is 15.6 Å². The van der Waals surface area contributed by atoms with Crippen LogP contribution in [0.1, 0.15) is 6.92 Å². The van der Waals surface area contributed by atoms with Gasteiger partial charge in [-0.05, 0) is 12.1 Å². The second kappa shape index (κ2) is 3.73. The Morgan fingerprint density at radius 2 is 2.27 bits per heavy atom. The van der Waals surface area contributed by atoms with Crippen molar-refractivity contribution in [2.24, 2.45) is 5.92 Å². The van der Waals surface area contributed by atoms with Gasteiger partial charge >= 0.3 is 0 Å². The van der Waals surface area contributed by atoms with Crippen molar-refractivity contribution in [2.45, 2.75) is 11.8 Å². The van der Waals surface area contributed by atoms with Crippen LogP contribution in [0, 0.1) is 11.7 Å². The number of carbonyl (C=O) groups is 1. The largest absolute Gasteiger partial charge is 0.322 e. The van der Waals surface area contributed by atoms with E-state index in [-0.39, 0.29) is 23.3 Å². The number of nitrogens with one attached hydrogen (secondary N) is 1. The van der Waals surface area contributed by atoms with Gasteiger partial charge < -0.3 is 5.32 Å². The summed E-state index contributed by atoms with van der Waals surface area (Å²) in [6.07, 6.45) is 0. The Hall–Kier alpha value is -1.23. The smallest absolute Gasteiger partial charge is 0.228 e. The summed E-state index contributed by atoms with van der Waals surface area (Å²) < 4.78 is 25.1. The number of benzene rings is 1. The van der Waals surface area contributed by atoms with Crippen LogP contribution < -0.4 is 5.32 Å². The quantitative estimate of drug-likeness (QED) is 0.730. The van der Waals surface area contributed by atoms with Gasteiger partial charge in [0.25, 0.3) is 0 Å². The van der Waals surface area contributed by atoms with E-state index in [4.69, 9.17) is 0 Å². The molecule has 1 aromatic carbocycles. The number of amides is 1. The van der Waals surface area contributed by atoms with Crippen molar-refractivity contribution >= 4 is 22.4 Å². The van der Waals surface area contributed by atoms with E-state index in [9.17, 15) is 13.4 Å². The Kier molecular flexibility index (Phi) is 2.56. The first-order chi connectivity index (χ1) is 7.09. The lowest BCUT2D eigenvalue weighted by Gasteiger charge is -2.06. The van der Waals surface area contributed by atoms with E-state index in [2.05, 4.69) is 5.32 Å². The summed E-state index contributed by atoms with van der Waals surface area (Å²) in [5, 5.41) is 2.46. The van der Waals surface area contributed by atoms with Gasteiger partial charge in [-0.1, -0.05) is 13.0 Å². The van der Waals surface area contributed by atoms with Crippen LogP contribution in [0.15, 0.2) is 23.1 Å². The molecule has 0 fully saturated rings. The highest BCUT2D eigenvalue weighted by Crippen LogP contribution is 2.27. The lowest BCUT2D eigenvalue weighted by Crippen LogP contribution is -2.21. The summed E-state index contributed by atoms with van der Waals surface area (Å²) in [5.41, 5.74) is 0.0604. The van der Waals surface area contributed by atoms with E-state index in [1.165, 1.54) is 12.1 Å². The van der Waals surface area contributed by atoms with E-state index < -0.39 is 16.6 Å². The predicted octanol–water partition coefficient (Wildman–Crippen LogP) is 1.52. The third-order valence-corrected chi connectivity index (χ3v) is 3.95. The van der Waals surface area contributed by atoms with Crippen LogP contribution in [0.2, 0.25) is 0 Å². The van der Waals surface area contributed by atoms with Gasteiger partial charge in [-0.3, -0.25) is 9.00 Å². The molecule has 1 N–H and O–H groups in total. The summed E-state index contributed by atoms with van der Waals surface area (Å²) >= 11 is 0. The van der Waals surface area contributed by atoms with Crippen molar-refractivity contribution < 1.29 is 13.4 Å². The summed E-state index contributed by atoms with van der Waals surface area (Å²) in [6.45, 7) is 1.68. The van der Waals surface area contributed by atoms with Crippen LogP contribution >= 0.6 is 0 Å². The molecule has 2 rings (SSSR count). The van der Waals surface area contributed by atoms with Crippen molar-refractivity contribution in [3.05, 3.63) is 24.0 Å². The number of hydrogen-bond donors (Lipinski definition) is 1. The van der Waals surface area contributed by atoms with Gasteiger partial charge in [0.2, 0.25) is 5.91 Å². The van der Waals surface area contributed by atoms with E-state index in [1.54, 1.807) is 13.0 Å². The summed E-state index contributed by atoms with van der Waals surface area (Å²) in [6, 6.07) is 4.31. The minimum absolute atomic E-state index is 0.0604. The molecule has 0 aliphatic carbocycles. The molecule has 5 heteroatoms. The third-order valence-electron chi connectivity index (χ3n) is 2.32. The Balaban J connectivity index is 2.56.